The molecule has 4 N–H and O–H groups in total. The minimum Gasteiger partial charge on any atom is -0.444 e. The minimum absolute atomic E-state index is 0. The Hall–Kier alpha value is -1.84. The quantitative estimate of drug-likeness (QED) is 0.152. The van der Waals surface area contributed by atoms with Gasteiger partial charge in [0, 0.05) is 18.1 Å². The highest BCUT2D eigenvalue weighted by Gasteiger charge is 2.23. The van der Waals surface area contributed by atoms with Crippen LogP contribution in [0.1, 0.15) is 45.6 Å². The van der Waals surface area contributed by atoms with Gasteiger partial charge in [-0.3, -0.25) is 4.79 Å². The molecule has 2 atom stereocenters. The molecule has 0 bridgehead atoms. The van der Waals surface area contributed by atoms with Gasteiger partial charge in [-0.05, 0) is 57.9 Å². The zero-order valence-corrected chi connectivity index (χ0v) is 21.2. The lowest BCUT2D eigenvalue weighted by Crippen LogP contribution is -2.44. The molecule has 1 amide bonds. The zero-order valence-electron chi connectivity index (χ0n) is 19.6. The minimum atomic E-state index is -0.919. The Morgan fingerprint density at radius 1 is 1.21 bits per heavy atom. The van der Waals surface area contributed by atoms with Crippen LogP contribution >= 0.6 is 24.0 Å². The van der Waals surface area contributed by atoms with Crippen LogP contribution in [0.4, 0.5) is 4.79 Å². The van der Waals surface area contributed by atoms with E-state index in [9.17, 15) is 9.59 Å². The van der Waals surface area contributed by atoms with E-state index in [-0.39, 0.29) is 19.0 Å². The number of hydrogen-bond donors (Lipinski definition) is 3. The number of hydrogen-bond acceptors (Lipinski definition) is 7. The van der Waals surface area contributed by atoms with Crippen molar-refractivity contribution < 1.29 is 23.8 Å². The molecular weight excluding hydrogens is 469 g/mol. The van der Waals surface area contributed by atoms with Crippen LogP contribution in [0.5, 0.6) is 0 Å². The predicted octanol–water partition coefficient (Wildman–Crippen LogP) is 3.95. The SMILES string of the molecule is C=CC(OCc1ccccc1Cl)OC(=O)[C@H](CCCCN)NCCNC(=O)OC(C)(C)C.Cl. The number of unbranched alkanes of at least 4 members (excludes halogenated alkanes) is 1. The molecule has 1 rings (SSSR count). The molecule has 1 unspecified atom stereocenters. The van der Waals surface area contributed by atoms with Crippen molar-refractivity contribution in [2.24, 2.45) is 5.73 Å². The van der Waals surface area contributed by atoms with Crippen LogP contribution in [0.25, 0.3) is 0 Å². The van der Waals surface area contributed by atoms with Gasteiger partial charge in [-0.25, -0.2) is 4.79 Å². The number of alkyl carbamates (subject to hydrolysis) is 1. The zero-order chi connectivity index (χ0) is 24.0. The van der Waals surface area contributed by atoms with Gasteiger partial charge in [0.05, 0.1) is 6.61 Å². The Kier molecular flexibility index (Phi) is 15.8. The Morgan fingerprint density at radius 3 is 2.52 bits per heavy atom. The monoisotopic (exact) mass is 505 g/mol. The summed E-state index contributed by atoms with van der Waals surface area (Å²) in [5.74, 6) is -0.469. The molecule has 0 fully saturated rings. The molecule has 33 heavy (non-hydrogen) atoms. The van der Waals surface area contributed by atoms with Crippen molar-refractivity contribution >= 4 is 36.1 Å². The number of carbonyl (C=O) groups is 2. The number of nitrogens with one attached hydrogen (secondary N) is 2. The van der Waals surface area contributed by atoms with Crippen LogP contribution in [0.2, 0.25) is 5.02 Å². The fourth-order valence-corrected chi connectivity index (χ4v) is 2.85. The maximum atomic E-state index is 12.7. The lowest BCUT2D eigenvalue weighted by molar-refractivity contribution is -0.173. The molecule has 0 spiro atoms. The summed E-state index contributed by atoms with van der Waals surface area (Å²) in [6.07, 6.45) is 2.06. The Bertz CT molecular complexity index is 728. The number of amides is 1. The summed E-state index contributed by atoms with van der Waals surface area (Å²) in [5.41, 5.74) is 5.77. The first-order chi connectivity index (χ1) is 15.2. The average molecular weight is 506 g/mol. The average Bonchev–Trinajstić information content (AvgIpc) is 2.72. The summed E-state index contributed by atoms with van der Waals surface area (Å²) in [5, 5.41) is 6.33. The van der Waals surface area contributed by atoms with E-state index in [0.29, 0.717) is 31.1 Å². The number of nitrogens with two attached hydrogens (primary N) is 1. The Morgan fingerprint density at radius 2 is 1.91 bits per heavy atom. The molecule has 0 radical (unpaired) electrons. The van der Waals surface area contributed by atoms with Crippen molar-refractivity contribution in [3.8, 4) is 0 Å². The molecule has 0 aliphatic rings. The summed E-state index contributed by atoms with van der Waals surface area (Å²) >= 11 is 6.13. The van der Waals surface area contributed by atoms with Gasteiger partial charge in [-0.1, -0.05) is 42.8 Å². The molecule has 1 aromatic rings. The summed E-state index contributed by atoms with van der Waals surface area (Å²) in [6.45, 7) is 10.4. The molecule has 0 saturated heterocycles. The molecule has 10 heteroatoms. The van der Waals surface area contributed by atoms with E-state index in [4.69, 9.17) is 31.5 Å². The molecule has 0 aliphatic carbocycles. The maximum Gasteiger partial charge on any atom is 0.407 e. The van der Waals surface area contributed by atoms with E-state index in [1.807, 2.05) is 18.2 Å². The number of benzene rings is 1. The van der Waals surface area contributed by atoms with Crippen molar-refractivity contribution in [2.45, 2.75) is 64.6 Å². The van der Waals surface area contributed by atoms with Gasteiger partial charge in [0.2, 0.25) is 6.29 Å². The maximum absolute atomic E-state index is 12.7. The van der Waals surface area contributed by atoms with Gasteiger partial charge >= 0.3 is 12.1 Å². The highest BCUT2D eigenvalue weighted by Crippen LogP contribution is 2.17. The second-order valence-corrected chi connectivity index (χ2v) is 8.57. The van der Waals surface area contributed by atoms with E-state index in [0.717, 1.165) is 18.4 Å². The van der Waals surface area contributed by atoms with Gasteiger partial charge in [0.1, 0.15) is 11.6 Å². The standard InChI is InChI=1S/C23H36ClN3O5.ClH/c1-5-20(30-16-17-10-6-7-11-18(17)24)31-21(28)19(12-8-9-13-25)26-14-15-27-22(29)32-23(2,3)4;/h5-7,10-11,19-20,26H,1,8-9,12-16,25H2,2-4H3,(H,27,29);1H/t19-,20?;/m0./s1. The van der Waals surface area contributed by atoms with Gasteiger partial charge in [0.25, 0.3) is 0 Å². The van der Waals surface area contributed by atoms with E-state index in [1.165, 1.54) is 6.08 Å². The highest BCUT2D eigenvalue weighted by molar-refractivity contribution is 6.31. The van der Waals surface area contributed by atoms with Crippen molar-refractivity contribution in [3.63, 3.8) is 0 Å². The topological polar surface area (TPSA) is 112 Å². The molecule has 0 aromatic heterocycles. The van der Waals surface area contributed by atoms with E-state index in [2.05, 4.69) is 17.2 Å². The molecular formula is C23H37Cl2N3O5. The largest absolute Gasteiger partial charge is 0.444 e. The smallest absolute Gasteiger partial charge is 0.407 e. The first kappa shape index (κ1) is 31.2. The van der Waals surface area contributed by atoms with Crippen LogP contribution in [0.3, 0.4) is 0 Å². The summed E-state index contributed by atoms with van der Waals surface area (Å²) in [7, 11) is 0. The van der Waals surface area contributed by atoms with Crippen LogP contribution in [-0.4, -0.2) is 49.6 Å². The van der Waals surface area contributed by atoms with Gasteiger partial charge in [-0.15, -0.1) is 12.4 Å². The third kappa shape index (κ3) is 14.1. The lowest BCUT2D eigenvalue weighted by Gasteiger charge is -2.22. The van der Waals surface area contributed by atoms with Crippen LogP contribution in [0.15, 0.2) is 36.9 Å². The predicted molar refractivity (Wildman–Crippen MR) is 132 cm³/mol. The molecule has 1 aromatic carbocycles. The van der Waals surface area contributed by atoms with E-state index in [1.54, 1.807) is 26.8 Å². The summed E-state index contributed by atoms with van der Waals surface area (Å²) < 4.78 is 16.3. The van der Waals surface area contributed by atoms with Gasteiger partial charge in [0.15, 0.2) is 0 Å². The van der Waals surface area contributed by atoms with Crippen molar-refractivity contribution in [1.29, 1.82) is 0 Å². The lowest BCUT2D eigenvalue weighted by atomic mass is 10.1. The molecule has 0 saturated carbocycles. The van der Waals surface area contributed by atoms with Crippen molar-refractivity contribution in [2.75, 3.05) is 19.6 Å². The number of carbonyl (C=O) groups excluding carboxylic acids is 2. The van der Waals surface area contributed by atoms with Crippen molar-refractivity contribution in [3.05, 3.63) is 47.5 Å². The Balaban J connectivity index is 0.0000102. The third-order valence-corrected chi connectivity index (χ3v) is 4.57. The summed E-state index contributed by atoms with van der Waals surface area (Å²) in [6, 6.07) is 6.69. The fraction of sp³-hybridized carbons (Fsp3) is 0.565. The molecule has 0 aliphatic heterocycles. The molecule has 8 nitrogen and oxygen atoms in total. The van der Waals surface area contributed by atoms with Crippen LogP contribution < -0.4 is 16.4 Å². The van der Waals surface area contributed by atoms with E-state index < -0.39 is 30.0 Å². The number of halogens is 2. The number of esters is 1. The fourth-order valence-electron chi connectivity index (χ4n) is 2.66. The van der Waals surface area contributed by atoms with Gasteiger partial charge in [-0.2, -0.15) is 0 Å². The van der Waals surface area contributed by atoms with Crippen LogP contribution in [0, 0.1) is 0 Å². The summed E-state index contributed by atoms with van der Waals surface area (Å²) in [4.78, 5) is 24.5. The second kappa shape index (κ2) is 16.7. The van der Waals surface area contributed by atoms with Gasteiger partial charge < -0.3 is 30.6 Å². The number of ether oxygens (including phenoxy) is 3. The Labute approximate surface area is 208 Å². The molecule has 0 heterocycles. The number of rotatable bonds is 14. The highest BCUT2D eigenvalue weighted by atomic mass is 35.5. The molecule has 188 valence electrons. The first-order valence-electron chi connectivity index (χ1n) is 10.7. The van der Waals surface area contributed by atoms with Crippen LogP contribution in [-0.2, 0) is 25.6 Å². The van der Waals surface area contributed by atoms with E-state index >= 15 is 0 Å². The first-order valence-corrected chi connectivity index (χ1v) is 11.1. The van der Waals surface area contributed by atoms with Crippen molar-refractivity contribution in [1.82, 2.24) is 10.6 Å². The third-order valence-electron chi connectivity index (χ3n) is 4.20. The second-order valence-electron chi connectivity index (χ2n) is 8.16. The normalized spacial score (nSPS) is 12.8.